The van der Waals surface area contributed by atoms with E-state index >= 15 is 0 Å². The number of hydrogen-bond acceptors (Lipinski definition) is 4. The second-order valence-electron chi connectivity index (χ2n) is 4.48. The fourth-order valence-electron chi connectivity index (χ4n) is 1.98. The molecule has 2 heterocycles. The van der Waals surface area contributed by atoms with E-state index in [4.69, 9.17) is 22.1 Å². The van der Waals surface area contributed by atoms with Gasteiger partial charge in [-0.1, -0.05) is 23.7 Å². The molecule has 1 aromatic carbocycles. The first-order valence-corrected chi connectivity index (χ1v) is 6.66. The zero-order chi connectivity index (χ0) is 14.8. The summed E-state index contributed by atoms with van der Waals surface area (Å²) in [6.07, 6.45) is 3.69. The van der Waals surface area contributed by atoms with Crippen molar-refractivity contribution in [2.75, 3.05) is 5.73 Å². The molecule has 0 bridgehead atoms. The lowest BCUT2D eigenvalue weighted by atomic mass is 10.2. The third-order valence-corrected chi connectivity index (χ3v) is 3.44. The molecule has 0 spiro atoms. The van der Waals surface area contributed by atoms with E-state index in [1.54, 1.807) is 18.2 Å². The second-order valence-corrected chi connectivity index (χ2v) is 4.86. The molecule has 0 saturated carbocycles. The van der Waals surface area contributed by atoms with E-state index in [0.29, 0.717) is 11.4 Å². The molecule has 0 atom stereocenters. The SMILES string of the molecule is Nc1cccc(C(=O)OCc2cn3ccccc3n2)c1Cl. The van der Waals surface area contributed by atoms with E-state index in [9.17, 15) is 4.79 Å². The third kappa shape index (κ3) is 2.68. The molecule has 0 saturated heterocycles. The summed E-state index contributed by atoms with van der Waals surface area (Å²) < 4.78 is 7.08. The average molecular weight is 302 g/mol. The van der Waals surface area contributed by atoms with Gasteiger partial charge in [0.2, 0.25) is 0 Å². The Morgan fingerprint density at radius 1 is 1.29 bits per heavy atom. The molecular formula is C15H12ClN3O2. The van der Waals surface area contributed by atoms with Gasteiger partial charge in [-0.15, -0.1) is 0 Å². The van der Waals surface area contributed by atoms with E-state index in [1.165, 1.54) is 0 Å². The number of imidazole rings is 1. The van der Waals surface area contributed by atoms with Crippen LogP contribution in [-0.4, -0.2) is 15.4 Å². The van der Waals surface area contributed by atoms with Crippen LogP contribution >= 0.6 is 11.6 Å². The second kappa shape index (κ2) is 5.46. The number of halogens is 1. The zero-order valence-corrected chi connectivity index (χ0v) is 11.7. The maximum absolute atomic E-state index is 12.0. The maximum Gasteiger partial charge on any atom is 0.340 e. The number of rotatable bonds is 3. The van der Waals surface area contributed by atoms with Crippen LogP contribution in [0.1, 0.15) is 16.1 Å². The van der Waals surface area contributed by atoms with Gasteiger partial charge in [0.15, 0.2) is 0 Å². The Morgan fingerprint density at radius 2 is 2.14 bits per heavy atom. The summed E-state index contributed by atoms with van der Waals surface area (Å²) in [6.45, 7) is 0.0750. The number of anilines is 1. The highest BCUT2D eigenvalue weighted by molar-refractivity contribution is 6.36. The summed E-state index contributed by atoms with van der Waals surface area (Å²) >= 11 is 5.99. The summed E-state index contributed by atoms with van der Waals surface area (Å²) in [6, 6.07) is 10.5. The van der Waals surface area contributed by atoms with Gasteiger partial charge in [0.1, 0.15) is 12.3 Å². The van der Waals surface area contributed by atoms with Crippen molar-refractivity contribution in [3.8, 4) is 0 Å². The van der Waals surface area contributed by atoms with Crippen molar-refractivity contribution in [2.45, 2.75) is 6.61 Å². The van der Waals surface area contributed by atoms with E-state index in [0.717, 1.165) is 5.65 Å². The Bertz CT molecular complexity index is 781. The predicted molar refractivity (Wildman–Crippen MR) is 80.2 cm³/mol. The Morgan fingerprint density at radius 3 is 2.95 bits per heavy atom. The number of esters is 1. The first-order chi connectivity index (χ1) is 10.1. The minimum Gasteiger partial charge on any atom is -0.455 e. The van der Waals surface area contributed by atoms with Gasteiger partial charge < -0.3 is 14.9 Å². The zero-order valence-electron chi connectivity index (χ0n) is 11.0. The van der Waals surface area contributed by atoms with Crippen LogP contribution in [0.3, 0.4) is 0 Å². The largest absolute Gasteiger partial charge is 0.455 e. The number of pyridine rings is 1. The summed E-state index contributed by atoms with van der Waals surface area (Å²) in [5.41, 5.74) is 7.72. The van der Waals surface area contributed by atoms with Gasteiger partial charge in [-0.2, -0.15) is 0 Å². The average Bonchev–Trinajstić information content (AvgIpc) is 2.90. The molecule has 0 fully saturated rings. The third-order valence-electron chi connectivity index (χ3n) is 3.01. The molecule has 3 rings (SSSR count). The molecule has 0 radical (unpaired) electrons. The van der Waals surface area contributed by atoms with Gasteiger partial charge in [-0.25, -0.2) is 9.78 Å². The molecular weight excluding hydrogens is 290 g/mol. The Kier molecular flexibility index (Phi) is 3.50. The Hall–Kier alpha value is -2.53. The fraction of sp³-hybridized carbons (Fsp3) is 0.0667. The first-order valence-electron chi connectivity index (χ1n) is 6.29. The first kappa shape index (κ1) is 13.5. The van der Waals surface area contributed by atoms with Crippen molar-refractivity contribution >= 4 is 28.9 Å². The molecule has 0 unspecified atom stereocenters. The van der Waals surface area contributed by atoms with E-state index in [2.05, 4.69) is 4.98 Å². The van der Waals surface area contributed by atoms with Gasteiger partial charge in [-0.05, 0) is 24.3 Å². The number of fused-ring (bicyclic) bond motifs is 1. The molecule has 0 aliphatic heterocycles. The number of nitrogens with two attached hydrogens (primary N) is 1. The van der Waals surface area contributed by atoms with Crippen molar-refractivity contribution in [3.05, 3.63) is 65.1 Å². The van der Waals surface area contributed by atoms with Crippen molar-refractivity contribution in [1.29, 1.82) is 0 Å². The summed E-state index contributed by atoms with van der Waals surface area (Å²) in [7, 11) is 0. The molecule has 5 nitrogen and oxygen atoms in total. The predicted octanol–water partition coefficient (Wildman–Crippen LogP) is 2.93. The lowest BCUT2D eigenvalue weighted by Crippen LogP contribution is -2.07. The van der Waals surface area contributed by atoms with Crippen LogP contribution in [0.5, 0.6) is 0 Å². The lowest BCUT2D eigenvalue weighted by molar-refractivity contribution is 0.0468. The van der Waals surface area contributed by atoms with Crippen LogP contribution in [0.25, 0.3) is 5.65 Å². The standard InChI is InChI=1S/C15H12ClN3O2/c16-14-11(4-3-5-12(14)17)15(20)21-9-10-8-19-7-2-1-6-13(19)18-10/h1-8H,9,17H2. The molecule has 0 amide bonds. The highest BCUT2D eigenvalue weighted by Crippen LogP contribution is 2.23. The fourth-order valence-corrected chi connectivity index (χ4v) is 2.18. The molecule has 21 heavy (non-hydrogen) atoms. The smallest absolute Gasteiger partial charge is 0.340 e. The number of nitrogens with zero attached hydrogens (tertiary/aromatic N) is 2. The summed E-state index contributed by atoms with van der Waals surface area (Å²) in [5, 5.41) is 0.206. The molecule has 3 aromatic rings. The van der Waals surface area contributed by atoms with Gasteiger partial charge >= 0.3 is 5.97 Å². The van der Waals surface area contributed by atoms with Crippen LogP contribution in [0.15, 0.2) is 48.8 Å². The van der Waals surface area contributed by atoms with Crippen molar-refractivity contribution in [3.63, 3.8) is 0 Å². The number of ether oxygens (including phenoxy) is 1. The maximum atomic E-state index is 12.0. The van der Waals surface area contributed by atoms with Crippen LogP contribution in [0.2, 0.25) is 5.02 Å². The summed E-state index contributed by atoms with van der Waals surface area (Å²) in [4.78, 5) is 16.4. The Balaban J connectivity index is 1.75. The van der Waals surface area contributed by atoms with Gasteiger partial charge in [-0.3, -0.25) is 0 Å². The molecule has 2 N–H and O–H groups in total. The van der Waals surface area contributed by atoms with Gasteiger partial charge in [0.05, 0.1) is 22.0 Å². The van der Waals surface area contributed by atoms with Crippen LogP contribution < -0.4 is 5.73 Å². The molecule has 0 aliphatic rings. The lowest BCUT2D eigenvalue weighted by Gasteiger charge is -2.06. The highest BCUT2D eigenvalue weighted by Gasteiger charge is 2.14. The summed E-state index contributed by atoms with van der Waals surface area (Å²) in [5.74, 6) is -0.524. The molecule has 106 valence electrons. The number of benzene rings is 1. The minimum absolute atomic E-state index is 0.0750. The van der Waals surface area contributed by atoms with Crippen LogP contribution in [0.4, 0.5) is 5.69 Å². The quantitative estimate of drug-likeness (QED) is 0.596. The topological polar surface area (TPSA) is 69.6 Å². The minimum atomic E-state index is -0.524. The Labute approximate surface area is 125 Å². The van der Waals surface area contributed by atoms with E-state index < -0.39 is 5.97 Å². The van der Waals surface area contributed by atoms with Crippen molar-refractivity contribution < 1.29 is 9.53 Å². The van der Waals surface area contributed by atoms with Crippen LogP contribution in [-0.2, 0) is 11.3 Å². The van der Waals surface area contributed by atoms with E-state index in [-0.39, 0.29) is 17.2 Å². The number of hydrogen-bond donors (Lipinski definition) is 1. The number of carbonyl (C=O) groups excluding carboxylic acids is 1. The molecule has 6 heteroatoms. The number of nitrogen functional groups attached to an aromatic ring is 1. The number of aromatic nitrogens is 2. The van der Waals surface area contributed by atoms with Crippen molar-refractivity contribution in [1.82, 2.24) is 9.38 Å². The van der Waals surface area contributed by atoms with E-state index in [1.807, 2.05) is 35.0 Å². The molecule has 2 aromatic heterocycles. The normalized spacial score (nSPS) is 10.7. The monoisotopic (exact) mass is 301 g/mol. The number of carbonyl (C=O) groups is 1. The van der Waals surface area contributed by atoms with Crippen LogP contribution in [0, 0.1) is 0 Å². The van der Waals surface area contributed by atoms with Crippen molar-refractivity contribution in [2.24, 2.45) is 0 Å². The molecule has 0 aliphatic carbocycles. The van der Waals surface area contributed by atoms with Gasteiger partial charge in [0.25, 0.3) is 0 Å². The van der Waals surface area contributed by atoms with Gasteiger partial charge in [0, 0.05) is 12.4 Å². The highest BCUT2D eigenvalue weighted by atomic mass is 35.5.